The van der Waals surface area contributed by atoms with Crippen molar-refractivity contribution in [3.8, 4) is 0 Å². The van der Waals surface area contributed by atoms with Gasteiger partial charge in [0.2, 0.25) is 0 Å². The van der Waals surface area contributed by atoms with Gasteiger partial charge in [0.05, 0.1) is 13.0 Å². The predicted octanol–water partition coefficient (Wildman–Crippen LogP) is 5.24. The van der Waals surface area contributed by atoms with Crippen molar-refractivity contribution in [2.45, 2.75) is 78.1 Å². The van der Waals surface area contributed by atoms with Crippen LogP contribution in [-0.4, -0.2) is 27.0 Å². The summed E-state index contributed by atoms with van der Waals surface area (Å²) in [5, 5.41) is 0.211. The van der Waals surface area contributed by atoms with E-state index in [-0.39, 0.29) is 17.1 Å². The Hall–Kier alpha value is -0.873. The average molecular weight is 327 g/mol. The molecule has 0 aliphatic heterocycles. The molecule has 0 aliphatic carbocycles. The lowest BCUT2D eigenvalue weighted by Crippen LogP contribution is -2.40. The SMILES string of the molecule is CC/C=C/CC(=O)OC(/C=C/CO[Si](C)(C)C(C)(C)C)CC. The second-order valence-electron chi connectivity index (χ2n) is 7.02. The van der Waals surface area contributed by atoms with Crippen molar-refractivity contribution < 1.29 is 14.0 Å². The fourth-order valence-electron chi connectivity index (χ4n) is 1.50. The Morgan fingerprint density at radius 1 is 1.14 bits per heavy atom. The average Bonchev–Trinajstić information content (AvgIpc) is 2.41. The van der Waals surface area contributed by atoms with Gasteiger partial charge in [-0.3, -0.25) is 4.79 Å². The second-order valence-corrected chi connectivity index (χ2v) is 11.8. The molecule has 1 atom stereocenters. The second kappa shape index (κ2) is 10.0. The van der Waals surface area contributed by atoms with Crippen molar-refractivity contribution in [1.29, 1.82) is 0 Å². The molecule has 128 valence electrons. The minimum atomic E-state index is -1.71. The first-order chi connectivity index (χ1) is 10.1. The number of ether oxygens (including phenoxy) is 1. The van der Waals surface area contributed by atoms with Crippen LogP contribution in [0.25, 0.3) is 0 Å². The van der Waals surface area contributed by atoms with Gasteiger partial charge < -0.3 is 9.16 Å². The summed E-state index contributed by atoms with van der Waals surface area (Å²) < 4.78 is 11.5. The van der Waals surface area contributed by atoms with Gasteiger partial charge in [0, 0.05) is 0 Å². The lowest BCUT2D eigenvalue weighted by molar-refractivity contribution is -0.145. The van der Waals surface area contributed by atoms with Gasteiger partial charge in [0.25, 0.3) is 0 Å². The molecule has 22 heavy (non-hydrogen) atoms. The summed E-state index contributed by atoms with van der Waals surface area (Å²) in [5.41, 5.74) is 0. The van der Waals surface area contributed by atoms with Gasteiger partial charge in [-0.25, -0.2) is 0 Å². The zero-order chi connectivity index (χ0) is 17.2. The largest absolute Gasteiger partial charge is 0.458 e. The summed E-state index contributed by atoms with van der Waals surface area (Å²) in [6.07, 6.45) is 9.65. The molecule has 0 saturated heterocycles. The van der Waals surface area contributed by atoms with E-state index in [4.69, 9.17) is 9.16 Å². The number of esters is 1. The topological polar surface area (TPSA) is 35.5 Å². The molecule has 0 N–H and O–H groups in total. The first-order valence-corrected chi connectivity index (χ1v) is 11.2. The highest BCUT2D eigenvalue weighted by molar-refractivity contribution is 6.74. The van der Waals surface area contributed by atoms with Gasteiger partial charge in [-0.05, 0) is 37.0 Å². The molecule has 0 radical (unpaired) electrons. The van der Waals surface area contributed by atoms with Gasteiger partial charge in [-0.15, -0.1) is 0 Å². The fourth-order valence-corrected chi connectivity index (χ4v) is 2.45. The molecule has 4 heteroatoms. The van der Waals surface area contributed by atoms with Crippen molar-refractivity contribution in [3.05, 3.63) is 24.3 Å². The van der Waals surface area contributed by atoms with E-state index in [0.717, 1.165) is 12.8 Å². The molecule has 3 nitrogen and oxygen atoms in total. The first-order valence-electron chi connectivity index (χ1n) is 8.29. The maximum Gasteiger partial charge on any atom is 0.310 e. The van der Waals surface area contributed by atoms with Crippen LogP contribution in [0.5, 0.6) is 0 Å². The van der Waals surface area contributed by atoms with Crippen LogP contribution >= 0.6 is 0 Å². The first kappa shape index (κ1) is 21.1. The van der Waals surface area contributed by atoms with Gasteiger partial charge >= 0.3 is 5.97 Å². The maximum atomic E-state index is 11.7. The molecule has 0 fully saturated rings. The monoisotopic (exact) mass is 326 g/mol. The van der Waals surface area contributed by atoms with E-state index in [1.165, 1.54) is 0 Å². The summed E-state index contributed by atoms with van der Waals surface area (Å²) in [4.78, 5) is 11.7. The van der Waals surface area contributed by atoms with Crippen molar-refractivity contribution >= 4 is 14.3 Å². The van der Waals surface area contributed by atoms with Crippen LogP contribution in [0.3, 0.4) is 0 Å². The molecule has 0 aromatic heterocycles. The Balaban J connectivity index is 4.28. The Labute approximate surface area is 137 Å². The number of carbonyl (C=O) groups excluding carboxylic acids is 1. The number of hydrogen-bond acceptors (Lipinski definition) is 3. The molecular formula is C18H34O3Si. The Bertz CT molecular complexity index is 378. The number of rotatable bonds is 9. The highest BCUT2D eigenvalue weighted by Crippen LogP contribution is 2.36. The quantitative estimate of drug-likeness (QED) is 0.330. The highest BCUT2D eigenvalue weighted by Gasteiger charge is 2.36. The van der Waals surface area contributed by atoms with Crippen LogP contribution in [0, 0.1) is 0 Å². The highest BCUT2D eigenvalue weighted by atomic mass is 28.4. The van der Waals surface area contributed by atoms with E-state index in [1.54, 1.807) is 0 Å². The molecule has 0 aromatic carbocycles. The number of carbonyl (C=O) groups is 1. The number of allylic oxidation sites excluding steroid dienone is 1. The van der Waals surface area contributed by atoms with Gasteiger partial charge in [0.1, 0.15) is 6.10 Å². The smallest absolute Gasteiger partial charge is 0.310 e. The molecular weight excluding hydrogens is 292 g/mol. The predicted molar refractivity (Wildman–Crippen MR) is 96.5 cm³/mol. The van der Waals surface area contributed by atoms with Crippen LogP contribution in [-0.2, 0) is 14.0 Å². The molecule has 0 saturated carbocycles. The van der Waals surface area contributed by atoms with E-state index in [2.05, 4.69) is 33.9 Å². The third kappa shape index (κ3) is 8.54. The molecule has 1 unspecified atom stereocenters. The summed E-state index contributed by atoms with van der Waals surface area (Å²) in [6, 6.07) is 0. The van der Waals surface area contributed by atoms with Gasteiger partial charge in [-0.2, -0.15) is 0 Å². The fraction of sp³-hybridized carbons (Fsp3) is 0.722. The van der Waals surface area contributed by atoms with E-state index in [0.29, 0.717) is 13.0 Å². The molecule has 0 aromatic rings. The van der Waals surface area contributed by atoms with Crippen LogP contribution in [0.15, 0.2) is 24.3 Å². The summed E-state index contributed by atoms with van der Waals surface area (Å²) in [6.45, 7) is 15.8. The van der Waals surface area contributed by atoms with Crippen LogP contribution in [0.1, 0.15) is 53.9 Å². The standard InChI is InChI=1S/C18H34O3Si/c1-8-10-11-14-17(19)21-16(9-2)13-12-15-20-22(6,7)18(3,4)5/h10-13,16H,8-9,14-15H2,1-7H3/b11-10+,13-12+. The summed E-state index contributed by atoms with van der Waals surface area (Å²) in [5.74, 6) is -0.175. The summed E-state index contributed by atoms with van der Waals surface area (Å²) >= 11 is 0. The van der Waals surface area contributed by atoms with Gasteiger partial charge in [-0.1, -0.05) is 52.8 Å². The lowest BCUT2D eigenvalue weighted by atomic mass is 10.2. The minimum absolute atomic E-state index is 0.162. The van der Waals surface area contributed by atoms with Crippen molar-refractivity contribution in [2.75, 3.05) is 6.61 Å². The zero-order valence-corrected chi connectivity index (χ0v) is 16.4. The van der Waals surface area contributed by atoms with Crippen LogP contribution in [0.2, 0.25) is 18.1 Å². The Morgan fingerprint density at radius 3 is 2.27 bits per heavy atom. The maximum absolute atomic E-state index is 11.7. The van der Waals surface area contributed by atoms with E-state index < -0.39 is 8.32 Å². The normalized spacial score (nSPS) is 14.7. The molecule has 0 rings (SSSR count). The number of hydrogen-bond donors (Lipinski definition) is 0. The molecule has 0 aliphatic rings. The lowest BCUT2D eigenvalue weighted by Gasteiger charge is -2.35. The van der Waals surface area contributed by atoms with E-state index in [1.807, 2.05) is 38.2 Å². The molecule has 0 heterocycles. The molecule has 0 bridgehead atoms. The molecule has 0 amide bonds. The zero-order valence-electron chi connectivity index (χ0n) is 15.4. The van der Waals surface area contributed by atoms with Gasteiger partial charge in [0.15, 0.2) is 8.32 Å². The Morgan fingerprint density at radius 2 is 1.77 bits per heavy atom. The Kier molecular flexibility index (Phi) is 9.61. The van der Waals surface area contributed by atoms with E-state index >= 15 is 0 Å². The van der Waals surface area contributed by atoms with Crippen LogP contribution < -0.4 is 0 Å². The minimum Gasteiger partial charge on any atom is -0.458 e. The molecule has 0 spiro atoms. The van der Waals surface area contributed by atoms with Crippen LogP contribution in [0.4, 0.5) is 0 Å². The van der Waals surface area contributed by atoms with E-state index in [9.17, 15) is 4.79 Å². The van der Waals surface area contributed by atoms with Crippen molar-refractivity contribution in [3.63, 3.8) is 0 Å². The third-order valence-electron chi connectivity index (χ3n) is 4.07. The third-order valence-corrected chi connectivity index (χ3v) is 8.57. The van der Waals surface area contributed by atoms with Crippen molar-refractivity contribution in [1.82, 2.24) is 0 Å². The summed E-state index contributed by atoms with van der Waals surface area (Å²) in [7, 11) is -1.71. The van der Waals surface area contributed by atoms with Crippen molar-refractivity contribution in [2.24, 2.45) is 0 Å².